The molecule has 0 unspecified atom stereocenters. The second kappa shape index (κ2) is 5.48. The van der Waals surface area contributed by atoms with Crippen LogP contribution in [-0.4, -0.2) is 18.9 Å². The normalized spacial score (nSPS) is 11.1. The lowest BCUT2D eigenvalue weighted by atomic mass is 10.1. The first-order valence-corrected chi connectivity index (χ1v) is 7.35. The highest BCUT2D eigenvalue weighted by Crippen LogP contribution is 2.18. The van der Waals surface area contributed by atoms with Crippen molar-refractivity contribution in [3.05, 3.63) is 90.4 Å². The van der Waals surface area contributed by atoms with Gasteiger partial charge in [0.1, 0.15) is 5.65 Å². The van der Waals surface area contributed by atoms with Gasteiger partial charge in [0, 0.05) is 25.0 Å². The summed E-state index contributed by atoms with van der Waals surface area (Å²) in [6.45, 7) is 0.740. The summed E-state index contributed by atoms with van der Waals surface area (Å²) in [5.41, 5.74) is 4.60. The average Bonchev–Trinajstić information content (AvgIpc) is 3.18. The SMILES string of the molecule is c1ccc(Cc2c(Cn3ccnc3)nc3ccccn23)cc1. The van der Waals surface area contributed by atoms with Crippen LogP contribution in [-0.2, 0) is 13.0 Å². The van der Waals surface area contributed by atoms with Gasteiger partial charge in [0.2, 0.25) is 0 Å². The van der Waals surface area contributed by atoms with Crippen LogP contribution in [0.4, 0.5) is 0 Å². The Hall–Kier alpha value is -2.88. The summed E-state index contributed by atoms with van der Waals surface area (Å²) >= 11 is 0. The minimum Gasteiger partial charge on any atom is -0.331 e. The molecule has 4 rings (SSSR count). The number of benzene rings is 1. The molecule has 0 radical (unpaired) electrons. The van der Waals surface area contributed by atoms with Crippen molar-refractivity contribution in [2.24, 2.45) is 0 Å². The van der Waals surface area contributed by atoms with Crippen molar-refractivity contribution in [2.45, 2.75) is 13.0 Å². The Bertz CT molecular complexity index is 876. The number of nitrogens with zero attached hydrogens (tertiary/aromatic N) is 4. The van der Waals surface area contributed by atoms with E-state index in [1.165, 1.54) is 11.3 Å². The highest BCUT2D eigenvalue weighted by Gasteiger charge is 2.12. The number of hydrogen-bond acceptors (Lipinski definition) is 2. The highest BCUT2D eigenvalue weighted by molar-refractivity contribution is 5.44. The van der Waals surface area contributed by atoms with Crippen molar-refractivity contribution in [1.29, 1.82) is 0 Å². The van der Waals surface area contributed by atoms with Crippen LogP contribution in [0.5, 0.6) is 0 Å². The van der Waals surface area contributed by atoms with Gasteiger partial charge in [-0.15, -0.1) is 0 Å². The molecule has 0 saturated heterocycles. The van der Waals surface area contributed by atoms with Crippen molar-refractivity contribution < 1.29 is 0 Å². The van der Waals surface area contributed by atoms with Crippen LogP contribution in [0.1, 0.15) is 17.0 Å². The third kappa shape index (κ3) is 2.39. The molecule has 4 aromatic rings. The fourth-order valence-electron chi connectivity index (χ4n) is 2.75. The molecule has 0 atom stereocenters. The Labute approximate surface area is 128 Å². The highest BCUT2D eigenvalue weighted by atomic mass is 15.1. The summed E-state index contributed by atoms with van der Waals surface area (Å²) < 4.78 is 4.23. The van der Waals surface area contributed by atoms with Gasteiger partial charge in [-0.3, -0.25) is 0 Å². The van der Waals surface area contributed by atoms with Gasteiger partial charge in [-0.05, 0) is 17.7 Å². The van der Waals surface area contributed by atoms with E-state index in [4.69, 9.17) is 4.98 Å². The molecule has 3 heterocycles. The van der Waals surface area contributed by atoms with Gasteiger partial charge in [-0.25, -0.2) is 9.97 Å². The first-order chi connectivity index (χ1) is 10.9. The number of rotatable bonds is 4. The fourth-order valence-corrected chi connectivity index (χ4v) is 2.75. The van der Waals surface area contributed by atoms with E-state index in [1.807, 2.05) is 36.8 Å². The molecular formula is C18H16N4. The van der Waals surface area contributed by atoms with Crippen LogP contribution in [0.3, 0.4) is 0 Å². The van der Waals surface area contributed by atoms with Gasteiger partial charge >= 0.3 is 0 Å². The molecule has 0 N–H and O–H groups in total. The first kappa shape index (κ1) is 12.8. The van der Waals surface area contributed by atoms with Gasteiger partial charge in [-0.2, -0.15) is 0 Å². The van der Waals surface area contributed by atoms with Crippen LogP contribution >= 0.6 is 0 Å². The van der Waals surface area contributed by atoms with Gasteiger partial charge < -0.3 is 8.97 Å². The monoisotopic (exact) mass is 288 g/mol. The summed E-state index contributed by atoms with van der Waals surface area (Å²) in [5, 5.41) is 0. The molecule has 0 aliphatic heterocycles. The summed E-state index contributed by atoms with van der Waals surface area (Å²) in [6.07, 6.45) is 8.55. The van der Waals surface area contributed by atoms with E-state index in [0.29, 0.717) is 0 Å². The van der Waals surface area contributed by atoms with E-state index in [2.05, 4.69) is 44.4 Å². The second-order valence-corrected chi connectivity index (χ2v) is 5.33. The van der Waals surface area contributed by atoms with Crippen molar-refractivity contribution in [3.8, 4) is 0 Å². The van der Waals surface area contributed by atoms with Crippen LogP contribution in [0.15, 0.2) is 73.4 Å². The lowest BCUT2D eigenvalue weighted by molar-refractivity contribution is 0.767. The Balaban J connectivity index is 1.79. The maximum absolute atomic E-state index is 4.80. The smallest absolute Gasteiger partial charge is 0.137 e. The Morgan fingerprint density at radius 2 is 1.77 bits per heavy atom. The molecule has 108 valence electrons. The number of fused-ring (bicyclic) bond motifs is 1. The Morgan fingerprint density at radius 3 is 2.59 bits per heavy atom. The van der Waals surface area contributed by atoms with E-state index < -0.39 is 0 Å². The van der Waals surface area contributed by atoms with Crippen LogP contribution < -0.4 is 0 Å². The zero-order valence-corrected chi connectivity index (χ0v) is 12.1. The van der Waals surface area contributed by atoms with E-state index in [0.717, 1.165) is 24.3 Å². The summed E-state index contributed by atoms with van der Waals surface area (Å²) in [4.78, 5) is 8.91. The molecule has 0 spiro atoms. The third-order valence-corrected chi connectivity index (χ3v) is 3.82. The maximum Gasteiger partial charge on any atom is 0.137 e. The van der Waals surface area contributed by atoms with Crippen molar-refractivity contribution in [2.75, 3.05) is 0 Å². The second-order valence-electron chi connectivity index (χ2n) is 5.33. The number of hydrogen-bond donors (Lipinski definition) is 0. The molecule has 4 nitrogen and oxygen atoms in total. The maximum atomic E-state index is 4.80. The van der Waals surface area contributed by atoms with Crippen molar-refractivity contribution in [1.82, 2.24) is 18.9 Å². The molecule has 22 heavy (non-hydrogen) atoms. The molecule has 0 aliphatic carbocycles. The lowest BCUT2D eigenvalue weighted by Gasteiger charge is -2.06. The van der Waals surface area contributed by atoms with Crippen molar-refractivity contribution >= 4 is 5.65 Å². The number of pyridine rings is 1. The molecular weight excluding hydrogens is 272 g/mol. The fraction of sp³-hybridized carbons (Fsp3) is 0.111. The molecule has 3 aromatic heterocycles. The topological polar surface area (TPSA) is 35.1 Å². The standard InChI is InChI=1S/C18H16N4/c1-2-6-15(7-3-1)12-17-16(13-21-11-9-19-14-21)20-18-8-4-5-10-22(17)18/h1-11,14H,12-13H2. The van der Waals surface area contributed by atoms with E-state index >= 15 is 0 Å². The summed E-state index contributed by atoms with van der Waals surface area (Å²) in [6, 6.07) is 16.6. The zero-order valence-electron chi connectivity index (χ0n) is 12.1. The molecule has 0 bridgehead atoms. The molecule has 1 aromatic carbocycles. The zero-order chi connectivity index (χ0) is 14.8. The minimum atomic E-state index is 0.740. The predicted octanol–water partition coefficient (Wildman–Crippen LogP) is 3.17. The van der Waals surface area contributed by atoms with E-state index in [-0.39, 0.29) is 0 Å². The summed E-state index contributed by atoms with van der Waals surface area (Å²) in [5.74, 6) is 0. The molecule has 0 amide bonds. The number of imidazole rings is 2. The van der Waals surface area contributed by atoms with Gasteiger partial charge in [0.25, 0.3) is 0 Å². The van der Waals surface area contributed by atoms with Crippen LogP contribution in [0.2, 0.25) is 0 Å². The van der Waals surface area contributed by atoms with E-state index in [9.17, 15) is 0 Å². The van der Waals surface area contributed by atoms with Crippen molar-refractivity contribution in [3.63, 3.8) is 0 Å². The average molecular weight is 288 g/mol. The Morgan fingerprint density at radius 1 is 0.909 bits per heavy atom. The van der Waals surface area contributed by atoms with Gasteiger partial charge in [0.15, 0.2) is 0 Å². The predicted molar refractivity (Wildman–Crippen MR) is 85.8 cm³/mol. The third-order valence-electron chi connectivity index (χ3n) is 3.82. The minimum absolute atomic E-state index is 0.740. The quantitative estimate of drug-likeness (QED) is 0.578. The van der Waals surface area contributed by atoms with Crippen LogP contribution in [0, 0.1) is 0 Å². The number of aromatic nitrogens is 4. The van der Waals surface area contributed by atoms with Gasteiger partial charge in [-0.1, -0.05) is 36.4 Å². The largest absolute Gasteiger partial charge is 0.331 e. The van der Waals surface area contributed by atoms with Gasteiger partial charge in [0.05, 0.1) is 24.3 Å². The Kier molecular flexibility index (Phi) is 3.20. The molecule has 0 fully saturated rings. The lowest BCUT2D eigenvalue weighted by Crippen LogP contribution is -2.03. The van der Waals surface area contributed by atoms with Crippen LogP contribution in [0.25, 0.3) is 5.65 Å². The molecule has 0 aliphatic rings. The molecule has 0 saturated carbocycles. The first-order valence-electron chi connectivity index (χ1n) is 7.35. The summed E-state index contributed by atoms with van der Waals surface area (Å²) in [7, 11) is 0. The van der Waals surface area contributed by atoms with E-state index in [1.54, 1.807) is 6.20 Å². The molecule has 4 heteroatoms.